The number of aromatic amines is 1. The van der Waals surface area contributed by atoms with Crippen LogP contribution in [-0.4, -0.2) is 16.6 Å². The van der Waals surface area contributed by atoms with Crippen molar-refractivity contribution in [3.8, 4) is 5.88 Å². The third-order valence-corrected chi connectivity index (χ3v) is 2.09. The molecule has 0 aromatic carbocycles. The van der Waals surface area contributed by atoms with Crippen LogP contribution in [0.3, 0.4) is 0 Å². The standard InChI is InChI=1S/C10H17N3O2/c1-2-3-4-5-6-15-10-8(11)9(14)12-7-13-10/h7H,2-6,11H2,1H3,(H,12,13,14). The number of unbranched alkanes of at least 4 members (excludes halogenated alkanes) is 3. The van der Waals surface area contributed by atoms with Gasteiger partial charge in [-0.3, -0.25) is 4.79 Å². The molecule has 1 rings (SSSR count). The summed E-state index contributed by atoms with van der Waals surface area (Å²) in [6.45, 7) is 2.71. The van der Waals surface area contributed by atoms with Gasteiger partial charge in [0.15, 0.2) is 5.69 Å². The minimum Gasteiger partial charge on any atom is -0.476 e. The smallest absolute Gasteiger partial charge is 0.277 e. The lowest BCUT2D eigenvalue weighted by atomic mass is 10.2. The molecular weight excluding hydrogens is 194 g/mol. The van der Waals surface area contributed by atoms with Crippen LogP contribution in [0.25, 0.3) is 0 Å². The van der Waals surface area contributed by atoms with Crippen molar-refractivity contribution in [1.82, 2.24) is 9.97 Å². The fraction of sp³-hybridized carbons (Fsp3) is 0.600. The van der Waals surface area contributed by atoms with E-state index in [4.69, 9.17) is 10.5 Å². The maximum atomic E-state index is 11.1. The lowest BCUT2D eigenvalue weighted by Crippen LogP contribution is -2.14. The van der Waals surface area contributed by atoms with Crippen LogP contribution in [0, 0.1) is 0 Å². The highest BCUT2D eigenvalue weighted by Gasteiger charge is 2.04. The van der Waals surface area contributed by atoms with Crippen LogP contribution in [0.4, 0.5) is 5.69 Å². The molecule has 3 N–H and O–H groups in total. The topological polar surface area (TPSA) is 81.0 Å². The first-order valence-electron chi connectivity index (χ1n) is 5.21. The Morgan fingerprint density at radius 3 is 3.00 bits per heavy atom. The molecule has 0 bridgehead atoms. The van der Waals surface area contributed by atoms with E-state index in [1.807, 2.05) is 0 Å². The van der Waals surface area contributed by atoms with Crippen molar-refractivity contribution in [3.05, 3.63) is 16.7 Å². The Labute approximate surface area is 88.7 Å². The van der Waals surface area contributed by atoms with Crippen LogP contribution in [-0.2, 0) is 0 Å². The van der Waals surface area contributed by atoms with E-state index in [1.54, 1.807) is 0 Å². The van der Waals surface area contributed by atoms with Crippen molar-refractivity contribution in [1.29, 1.82) is 0 Å². The molecule has 1 aromatic heterocycles. The summed E-state index contributed by atoms with van der Waals surface area (Å²) >= 11 is 0. The maximum Gasteiger partial charge on any atom is 0.277 e. The quantitative estimate of drug-likeness (QED) is 0.695. The van der Waals surface area contributed by atoms with Crippen molar-refractivity contribution < 1.29 is 4.74 Å². The van der Waals surface area contributed by atoms with Crippen molar-refractivity contribution in [3.63, 3.8) is 0 Å². The minimum atomic E-state index is -0.353. The second kappa shape index (κ2) is 6.06. The van der Waals surface area contributed by atoms with Gasteiger partial charge >= 0.3 is 0 Å². The summed E-state index contributed by atoms with van der Waals surface area (Å²) in [4.78, 5) is 17.3. The van der Waals surface area contributed by atoms with E-state index in [1.165, 1.54) is 19.2 Å². The molecule has 0 unspecified atom stereocenters. The van der Waals surface area contributed by atoms with Crippen LogP contribution >= 0.6 is 0 Å². The third-order valence-electron chi connectivity index (χ3n) is 2.09. The molecule has 84 valence electrons. The molecule has 0 aliphatic rings. The van der Waals surface area contributed by atoms with Crippen LogP contribution in [0.5, 0.6) is 5.88 Å². The van der Waals surface area contributed by atoms with Crippen molar-refractivity contribution in [2.24, 2.45) is 0 Å². The zero-order valence-corrected chi connectivity index (χ0v) is 8.95. The summed E-state index contributed by atoms with van der Waals surface area (Å²) in [5.41, 5.74) is 5.19. The molecule has 0 spiro atoms. The molecule has 0 saturated heterocycles. The van der Waals surface area contributed by atoms with Crippen molar-refractivity contribution in [2.75, 3.05) is 12.3 Å². The fourth-order valence-electron chi connectivity index (χ4n) is 1.21. The summed E-state index contributed by atoms with van der Waals surface area (Å²) in [5, 5.41) is 0. The number of anilines is 1. The zero-order chi connectivity index (χ0) is 11.1. The molecule has 15 heavy (non-hydrogen) atoms. The van der Waals surface area contributed by atoms with Crippen LogP contribution in [0.1, 0.15) is 32.6 Å². The maximum absolute atomic E-state index is 11.1. The van der Waals surface area contributed by atoms with Gasteiger partial charge in [0.25, 0.3) is 5.56 Å². The van der Waals surface area contributed by atoms with Crippen LogP contribution in [0.15, 0.2) is 11.1 Å². The van der Waals surface area contributed by atoms with Gasteiger partial charge in [0.2, 0.25) is 5.88 Å². The monoisotopic (exact) mass is 211 g/mol. The van der Waals surface area contributed by atoms with E-state index >= 15 is 0 Å². The Balaban J connectivity index is 2.38. The van der Waals surface area contributed by atoms with Gasteiger partial charge in [0, 0.05) is 0 Å². The number of nitrogen functional groups attached to an aromatic ring is 1. The predicted molar refractivity (Wildman–Crippen MR) is 58.9 cm³/mol. The highest BCUT2D eigenvalue weighted by molar-refractivity contribution is 5.44. The lowest BCUT2D eigenvalue weighted by molar-refractivity contribution is 0.294. The first-order chi connectivity index (χ1) is 7.25. The number of rotatable bonds is 6. The summed E-state index contributed by atoms with van der Waals surface area (Å²) in [6.07, 6.45) is 5.76. The molecule has 5 heteroatoms. The lowest BCUT2D eigenvalue weighted by Gasteiger charge is -2.05. The Morgan fingerprint density at radius 1 is 1.47 bits per heavy atom. The molecular formula is C10H17N3O2. The number of hydrogen-bond donors (Lipinski definition) is 2. The molecule has 0 fully saturated rings. The Kier molecular flexibility index (Phi) is 4.66. The molecule has 0 saturated carbocycles. The number of H-pyrrole nitrogens is 1. The van der Waals surface area contributed by atoms with Gasteiger partial charge in [0.1, 0.15) is 0 Å². The second-order valence-corrected chi connectivity index (χ2v) is 3.36. The minimum absolute atomic E-state index is 0.0491. The van der Waals surface area contributed by atoms with Gasteiger partial charge in [0.05, 0.1) is 12.9 Å². The number of aromatic nitrogens is 2. The van der Waals surface area contributed by atoms with E-state index in [0.29, 0.717) is 6.61 Å². The highest BCUT2D eigenvalue weighted by Crippen LogP contribution is 2.11. The molecule has 0 aliphatic carbocycles. The van der Waals surface area contributed by atoms with E-state index < -0.39 is 0 Å². The van der Waals surface area contributed by atoms with Crippen LogP contribution < -0.4 is 16.0 Å². The van der Waals surface area contributed by atoms with E-state index in [2.05, 4.69) is 16.9 Å². The van der Waals surface area contributed by atoms with E-state index in [0.717, 1.165) is 12.8 Å². The number of ether oxygens (including phenoxy) is 1. The fourth-order valence-corrected chi connectivity index (χ4v) is 1.21. The van der Waals surface area contributed by atoms with Crippen LogP contribution in [0.2, 0.25) is 0 Å². The predicted octanol–water partition coefficient (Wildman–Crippen LogP) is 1.31. The normalized spacial score (nSPS) is 10.2. The first kappa shape index (κ1) is 11.6. The Morgan fingerprint density at radius 2 is 2.27 bits per heavy atom. The molecule has 0 atom stereocenters. The largest absolute Gasteiger partial charge is 0.476 e. The van der Waals surface area contributed by atoms with Crippen molar-refractivity contribution in [2.45, 2.75) is 32.6 Å². The number of nitrogens with zero attached hydrogens (tertiary/aromatic N) is 1. The van der Waals surface area contributed by atoms with E-state index in [9.17, 15) is 4.79 Å². The summed E-state index contributed by atoms with van der Waals surface area (Å²) < 4.78 is 5.31. The number of nitrogens with two attached hydrogens (primary N) is 1. The Bertz CT molecular complexity index is 349. The van der Waals surface area contributed by atoms with Gasteiger partial charge in [-0.1, -0.05) is 26.2 Å². The van der Waals surface area contributed by atoms with Gasteiger partial charge in [-0.25, -0.2) is 4.98 Å². The van der Waals surface area contributed by atoms with Gasteiger partial charge in [-0.15, -0.1) is 0 Å². The third kappa shape index (κ3) is 3.61. The summed E-state index contributed by atoms with van der Waals surface area (Å²) in [5.74, 6) is 0.232. The molecule has 1 aromatic rings. The molecule has 0 amide bonds. The average Bonchev–Trinajstić information content (AvgIpc) is 2.24. The zero-order valence-electron chi connectivity index (χ0n) is 8.95. The average molecular weight is 211 g/mol. The molecule has 5 nitrogen and oxygen atoms in total. The Hall–Kier alpha value is -1.52. The number of nitrogens with one attached hydrogen (secondary N) is 1. The van der Waals surface area contributed by atoms with Gasteiger partial charge in [-0.2, -0.15) is 0 Å². The molecule has 0 radical (unpaired) electrons. The number of hydrogen-bond acceptors (Lipinski definition) is 4. The summed E-state index contributed by atoms with van der Waals surface area (Å²) in [7, 11) is 0. The van der Waals surface area contributed by atoms with Gasteiger partial charge < -0.3 is 15.5 Å². The molecule has 0 aliphatic heterocycles. The SMILES string of the molecule is CCCCCCOc1nc[nH]c(=O)c1N. The molecule has 1 heterocycles. The van der Waals surface area contributed by atoms with Gasteiger partial charge in [-0.05, 0) is 6.42 Å². The first-order valence-corrected chi connectivity index (χ1v) is 5.21. The van der Waals surface area contributed by atoms with E-state index in [-0.39, 0.29) is 17.1 Å². The summed E-state index contributed by atoms with van der Waals surface area (Å²) in [6, 6.07) is 0. The highest BCUT2D eigenvalue weighted by atomic mass is 16.5. The second-order valence-electron chi connectivity index (χ2n) is 3.36. The van der Waals surface area contributed by atoms with Crippen molar-refractivity contribution >= 4 is 5.69 Å².